The molecule has 1 unspecified atom stereocenters. The highest BCUT2D eigenvalue weighted by Crippen LogP contribution is 2.12. The van der Waals surface area contributed by atoms with Crippen molar-refractivity contribution in [3.63, 3.8) is 0 Å². The summed E-state index contributed by atoms with van der Waals surface area (Å²) in [6.07, 6.45) is 0. The average molecular weight is 239 g/mol. The SMILES string of the molecule is CCOC(=S)NC(C(=O)O)c1ccccc1. The van der Waals surface area contributed by atoms with Gasteiger partial charge in [-0.1, -0.05) is 30.3 Å². The number of thiocarbonyl (C=S) groups is 1. The van der Waals surface area contributed by atoms with Crippen molar-refractivity contribution in [2.75, 3.05) is 6.61 Å². The fourth-order valence-electron chi connectivity index (χ4n) is 1.22. The van der Waals surface area contributed by atoms with Gasteiger partial charge in [0.1, 0.15) is 0 Å². The van der Waals surface area contributed by atoms with Crippen molar-refractivity contribution in [2.24, 2.45) is 0 Å². The summed E-state index contributed by atoms with van der Waals surface area (Å²) in [5, 5.41) is 11.8. The quantitative estimate of drug-likeness (QED) is 0.783. The summed E-state index contributed by atoms with van der Waals surface area (Å²) in [5.74, 6) is -0.992. The van der Waals surface area contributed by atoms with Crippen molar-refractivity contribution < 1.29 is 14.6 Å². The summed E-state index contributed by atoms with van der Waals surface area (Å²) in [7, 11) is 0. The van der Waals surface area contributed by atoms with E-state index in [0.717, 1.165) is 0 Å². The van der Waals surface area contributed by atoms with Gasteiger partial charge in [0.2, 0.25) is 0 Å². The zero-order chi connectivity index (χ0) is 12.0. The van der Waals surface area contributed by atoms with Crippen LogP contribution in [-0.2, 0) is 9.53 Å². The molecule has 4 nitrogen and oxygen atoms in total. The van der Waals surface area contributed by atoms with E-state index in [1.807, 2.05) is 6.07 Å². The van der Waals surface area contributed by atoms with Gasteiger partial charge in [-0.25, -0.2) is 4.79 Å². The number of rotatable bonds is 4. The Morgan fingerprint density at radius 1 is 1.50 bits per heavy atom. The van der Waals surface area contributed by atoms with Crippen LogP contribution in [0.15, 0.2) is 30.3 Å². The van der Waals surface area contributed by atoms with Crippen molar-refractivity contribution in [1.29, 1.82) is 0 Å². The van der Waals surface area contributed by atoms with Crippen molar-refractivity contribution in [2.45, 2.75) is 13.0 Å². The van der Waals surface area contributed by atoms with Crippen LogP contribution in [0, 0.1) is 0 Å². The lowest BCUT2D eigenvalue weighted by Gasteiger charge is -2.16. The first kappa shape index (κ1) is 12.4. The van der Waals surface area contributed by atoms with Crippen LogP contribution in [0.1, 0.15) is 18.5 Å². The van der Waals surface area contributed by atoms with Crippen LogP contribution in [0.3, 0.4) is 0 Å². The Balaban J connectivity index is 2.77. The second kappa shape index (κ2) is 6.07. The zero-order valence-corrected chi connectivity index (χ0v) is 9.66. The molecule has 0 radical (unpaired) electrons. The largest absolute Gasteiger partial charge is 0.479 e. The van der Waals surface area contributed by atoms with Crippen LogP contribution in [0.5, 0.6) is 0 Å². The molecular formula is C11H13NO3S. The first-order valence-electron chi connectivity index (χ1n) is 4.86. The van der Waals surface area contributed by atoms with Crippen LogP contribution in [-0.4, -0.2) is 22.9 Å². The number of carbonyl (C=O) groups is 1. The molecule has 0 fully saturated rings. The van der Waals surface area contributed by atoms with Gasteiger partial charge < -0.3 is 15.2 Å². The number of carboxylic acids is 1. The predicted octanol–water partition coefficient (Wildman–Crippen LogP) is 1.72. The van der Waals surface area contributed by atoms with Crippen LogP contribution in [0.2, 0.25) is 0 Å². The van der Waals surface area contributed by atoms with Gasteiger partial charge in [0.15, 0.2) is 6.04 Å². The molecule has 0 heterocycles. The van der Waals surface area contributed by atoms with E-state index in [2.05, 4.69) is 5.32 Å². The highest BCUT2D eigenvalue weighted by molar-refractivity contribution is 7.80. The molecule has 1 aromatic rings. The number of hydrogen-bond donors (Lipinski definition) is 2. The number of carboxylic acid groups (broad SMARTS) is 1. The summed E-state index contributed by atoms with van der Waals surface area (Å²) in [4.78, 5) is 11.1. The van der Waals surface area contributed by atoms with Crippen molar-refractivity contribution in [3.05, 3.63) is 35.9 Å². The normalized spacial score (nSPS) is 11.6. The maximum Gasteiger partial charge on any atom is 0.330 e. The van der Waals surface area contributed by atoms with Gasteiger partial charge >= 0.3 is 5.97 Å². The molecule has 0 saturated heterocycles. The molecule has 16 heavy (non-hydrogen) atoms. The van der Waals surface area contributed by atoms with E-state index in [1.165, 1.54) is 0 Å². The monoisotopic (exact) mass is 239 g/mol. The van der Waals surface area contributed by atoms with E-state index in [-0.39, 0.29) is 5.17 Å². The van der Waals surface area contributed by atoms with Gasteiger partial charge in [-0.2, -0.15) is 0 Å². The minimum absolute atomic E-state index is 0.0961. The Morgan fingerprint density at radius 2 is 2.12 bits per heavy atom. The van der Waals surface area contributed by atoms with Gasteiger partial charge in [-0.05, 0) is 24.7 Å². The lowest BCUT2D eigenvalue weighted by Crippen LogP contribution is -2.33. The summed E-state index contributed by atoms with van der Waals surface area (Å²) in [5.41, 5.74) is 0.636. The standard InChI is InChI=1S/C11H13NO3S/c1-2-15-11(16)12-9(10(13)14)8-6-4-3-5-7-8/h3-7,9H,2H2,1H3,(H,12,16)(H,13,14). The number of hydrogen-bond acceptors (Lipinski definition) is 3. The van der Waals surface area contributed by atoms with Crippen LogP contribution >= 0.6 is 12.2 Å². The minimum Gasteiger partial charge on any atom is -0.479 e. The van der Waals surface area contributed by atoms with E-state index in [9.17, 15) is 4.79 Å². The smallest absolute Gasteiger partial charge is 0.330 e. The Hall–Kier alpha value is -1.62. The predicted molar refractivity (Wildman–Crippen MR) is 64.2 cm³/mol. The summed E-state index contributed by atoms with van der Waals surface area (Å²) in [6, 6.07) is 7.94. The summed E-state index contributed by atoms with van der Waals surface area (Å²) in [6.45, 7) is 2.19. The summed E-state index contributed by atoms with van der Waals surface area (Å²) < 4.78 is 5.00. The van der Waals surface area contributed by atoms with Crippen molar-refractivity contribution in [1.82, 2.24) is 5.32 Å². The van der Waals surface area contributed by atoms with Gasteiger partial charge in [0.05, 0.1) is 6.61 Å². The van der Waals surface area contributed by atoms with Crippen LogP contribution in [0.4, 0.5) is 0 Å². The van der Waals surface area contributed by atoms with Gasteiger partial charge in [0, 0.05) is 0 Å². The van der Waals surface area contributed by atoms with E-state index in [4.69, 9.17) is 22.1 Å². The van der Waals surface area contributed by atoms with Gasteiger partial charge in [0.25, 0.3) is 5.17 Å². The molecule has 2 N–H and O–H groups in total. The van der Waals surface area contributed by atoms with Gasteiger partial charge in [-0.3, -0.25) is 0 Å². The third-order valence-electron chi connectivity index (χ3n) is 1.92. The molecule has 5 heteroatoms. The molecule has 0 aliphatic carbocycles. The van der Waals surface area contributed by atoms with E-state index >= 15 is 0 Å². The van der Waals surface area contributed by atoms with Crippen molar-refractivity contribution >= 4 is 23.4 Å². The topological polar surface area (TPSA) is 58.6 Å². The lowest BCUT2D eigenvalue weighted by atomic mass is 10.1. The zero-order valence-electron chi connectivity index (χ0n) is 8.84. The maximum absolute atomic E-state index is 11.1. The van der Waals surface area contributed by atoms with Crippen LogP contribution < -0.4 is 5.32 Å². The highest BCUT2D eigenvalue weighted by Gasteiger charge is 2.20. The molecule has 1 rings (SSSR count). The molecule has 0 bridgehead atoms. The Labute approximate surface area is 99.2 Å². The first-order chi connectivity index (χ1) is 7.65. The molecular weight excluding hydrogens is 226 g/mol. The summed E-state index contributed by atoms with van der Waals surface area (Å²) >= 11 is 4.85. The molecule has 0 amide bonds. The molecule has 0 aliphatic rings. The molecule has 0 saturated carbocycles. The van der Waals surface area contributed by atoms with Crippen LogP contribution in [0.25, 0.3) is 0 Å². The minimum atomic E-state index is -0.992. The third-order valence-corrected chi connectivity index (χ3v) is 2.15. The second-order valence-electron chi connectivity index (χ2n) is 3.05. The Morgan fingerprint density at radius 3 is 2.62 bits per heavy atom. The van der Waals surface area contributed by atoms with E-state index in [1.54, 1.807) is 31.2 Å². The fourth-order valence-corrected chi connectivity index (χ4v) is 1.46. The molecule has 1 aromatic carbocycles. The number of nitrogens with one attached hydrogen (secondary N) is 1. The fraction of sp³-hybridized carbons (Fsp3) is 0.273. The average Bonchev–Trinajstić information content (AvgIpc) is 2.27. The van der Waals surface area contributed by atoms with E-state index < -0.39 is 12.0 Å². The highest BCUT2D eigenvalue weighted by atomic mass is 32.1. The molecule has 1 atom stereocenters. The number of ether oxygens (including phenoxy) is 1. The molecule has 0 aliphatic heterocycles. The molecule has 0 aromatic heterocycles. The Bertz CT molecular complexity index is 367. The number of aliphatic carboxylic acids is 1. The second-order valence-corrected chi connectivity index (χ2v) is 3.42. The third kappa shape index (κ3) is 3.51. The maximum atomic E-state index is 11.1. The first-order valence-corrected chi connectivity index (χ1v) is 5.27. The Kier molecular flexibility index (Phi) is 4.72. The van der Waals surface area contributed by atoms with E-state index in [0.29, 0.717) is 12.2 Å². The van der Waals surface area contributed by atoms with Gasteiger partial charge in [-0.15, -0.1) is 0 Å². The van der Waals surface area contributed by atoms with Crippen molar-refractivity contribution in [3.8, 4) is 0 Å². The molecule has 0 spiro atoms. The lowest BCUT2D eigenvalue weighted by molar-refractivity contribution is -0.139. The number of benzene rings is 1. The molecule has 86 valence electrons.